The van der Waals surface area contributed by atoms with Crippen molar-refractivity contribution in [1.29, 1.82) is 0 Å². The van der Waals surface area contributed by atoms with Gasteiger partial charge in [0.2, 0.25) is 0 Å². The van der Waals surface area contributed by atoms with E-state index in [9.17, 15) is 9.18 Å². The highest BCUT2D eigenvalue weighted by atomic mass is 19.1. The number of rotatable bonds is 5. The predicted octanol–water partition coefficient (Wildman–Crippen LogP) is 2.97. The third-order valence-electron chi connectivity index (χ3n) is 2.92. The highest BCUT2D eigenvalue weighted by Crippen LogP contribution is 2.18. The van der Waals surface area contributed by atoms with Crippen LogP contribution in [0.3, 0.4) is 0 Å². The normalized spacial score (nSPS) is 12.3. The van der Waals surface area contributed by atoms with Gasteiger partial charge in [-0.15, -0.1) is 0 Å². The lowest BCUT2D eigenvalue weighted by Crippen LogP contribution is -2.20. The van der Waals surface area contributed by atoms with Gasteiger partial charge < -0.3 is 14.8 Å². The Morgan fingerprint density at radius 2 is 2.16 bits per heavy atom. The number of carboxylic acid groups (broad SMARTS) is 1. The Hall–Kier alpha value is -2.14. The van der Waals surface area contributed by atoms with Crippen LogP contribution in [0.25, 0.3) is 0 Å². The standard InChI is InChI=1S/C14H14FNO3/c1-9(10-4-2-3-5-12(10)15)16-8-13-11(14(17)18)6-7-19-13/h2-7,9,16H,8H2,1H3,(H,17,18)/t9-/m1/s1. The molecule has 0 aliphatic rings. The number of furan rings is 1. The van der Waals surface area contributed by atoms with Crippen molar-refractivity contribution in [2.24, 2.45) is 0 Å². The van der Waals surface area contributed by atoms with Crippen molar-refractivity contribution < 1.29 is 18.7 Å². The fourth-order valence-electron chi connectivity index (χ4n) is 1.85. The van der Waals surface area contributed by atoms with Crippen LogP contribution in [-0.4, -0.2) is 11.1 Å². The topological polar surface area (TPSA) is 62.5 Å². The largest absolute Gasteiger partial charge is 0.478 e. The molecule has 0 unspecified atom stereocenters. The molecule has 0 fully saturated rings. The van der Waals surface area contributed by atoms with Crippen LogP contribution >= 0.6 is 0 Å². The van der Waals surface area contributed by atoms with E-state index in [2.05, 4.69) is 5.32 Å². The van der Waals surface area contributed by atoms with E-state index in [1.165, 1.54) is 18.4 Å². The molecule has 0 amide bonds. The molecule has 0 saturated carbocycles. The smallest absolute Gasteiger partial charge is 0.339 e. The molecule has 0 radical (unpaired) electrons. The summed E-state index contributed by atoms with van der Waals surface area (Å²) in [6, 6.07) is 7.61. The van der Waals surface area contributed by atoms with Gasteiger partial charge in [-0.25, -0.2) is 9.18 Å². The van der Waals surface area contributed by atoms with E-state index >= 15 is 0 Å². The van der Waals surface area contributed by atoms with Gasteiger partial charge in [-0.2, -0.15) is 0 Å². The molecule has 0 saturated heterocycles. The van der Waals surface area contributed by atoms with Crippen molar-refractivity contribution in [3.05, 3.63) is 59.3 Å². The average molecular weight is 263 g/mol. The van der Waals surface area contributed by atoms with Crippen LogP contribution in [0.4, 0.5) is 4.39 Å². The number of hydrogen-bond donors (Lipinski definition) is 2. The zero-order chi connectivity index (χ0) is 13.8. The molecule has 100 valence electrons. The fourth-order valence-corrected chi connectivity index (χ4v) is 1.85. The maximum atomic E-state index is 13.6. The Balaban J connectivity index is 2.05. The van der Waals surface area contributed by atoms with Gasteiger partial charge in [0.05, 0.1) is 12.8 Å². The first-order valence-electron chi connectivity index (χ1n) is 5.87. The van der Waals surface area contributed by atoms with Gasteiger partial charge in [-0.1, -0.05) is 18.2 Å². The summed E-state index contributed by atoms with van der Waals surface area (Å²) in [6.45, 7) is 2.03. The lowest BCUT2D eigenvalue weighted by molar-refractivity contribution is 0.0694. The molecular weight excluding hydrogens is 249 g/mol. The first kappa shape index (κ1) is 13.3. The summed E-state index contributed by atoms with van der Waals surface area (Å²) in [6.07, 6.45) is 1.33. The molecule has 1 atom stereocenters. The van der Waals surface area contributed by atoms with Gasteiger partial charge in [0.1, 0.15) is 17.1 Å². The number of nitrogens with one attached hydrogen (secondary N) is 1. The number of benzene rings is 1. The Morgan fingerprint density at radius 1 is 1.42 bits per heavy atom. The zero-order valence-corrected chi connectivity index (χ0v) is 10.4. The zero-order valence-electron chi connectivity index (χ0n) is 10.4. The number of carbonyl (C=O) groups is 1. The highest BCUT2D eigenvalue weighted by molar-refractivity contribution is 5.88. The first-order valence-corrected chi connectivity index (χ1v) is 5.87. The predicted molar refractivity (Wildman–Crippen MR) is 67.3 cm³/mol. The summed E-state index contributed by atoms with van der Waals surface area (Å²) in [5, 5.41) is 12.0. The number of aromatic carboxylic acids is 1. The molecule has 19 heavy (non-hydrogen) atoms. The summed E-state index contributed by atoms with van der Waals surface area (Å²) in [4.78, 5) is 10.9. The van der Waals surface area contributed by atoms with E-state index in [0.717, 1.165) is 0 Å². The molecule has 1 heterocycles. The number of hydrogen-bond acceptors (Lipinski definition) is 3. The number of halogens is 1. The summed E-state index contributed by atoms with van der Waals surface area (Å²) in [7, 11) is 0. The molecule has 2 rings (SSSR count). The second kappa shape index (κ2) is 5.67. The number of carboxylic acids is 1. The lowest BCUT2D eigenvalue weighted by Gasteiger charge is -2.14. The van der Waals surface area contributed by atoms with E-state index in [1.54, 1.807) is 18.2 Å². The van der Waals surface area contributed by atoms with Crippen molar-refractivity contribution in [3.63, 3.8) is 0 Å². The second-order valence-corrected chi connectivity index (χ2v) is 4.19. The van der Waals surface area contributed by atoms with E-state index in [0.29, 0.717) is 11.3 Å². The molecule has 1 aromatic heterocycles. The van der Waals surface area contributed by atoms with Gasteiger partial charge in [-0.05, 0) is 19.1 Å². The summed E-state index contributed by atoms with van der Waals surface area (Å²) in [5.74, 6) is -1.000. The Labute approximate surface area is 109 Å². The van der Waals surface area contributed by atoms with E-state index in [-0.39, 0.29) is 24.0 Å². The minimum atomic E-state index is -1.04. The maximum absolute atomic E-state index is 13.6. The molecular formula is C14H14FNO3. The minimum Gasteiger partial charge on any atom is -0.478 e. The van der Waals surface area contributed by atoms with Gasteiger partial charge in [-0.3, -0.25) is 0 Å². The summed E-state index contributed by atoms with van der Waals surface area (Å²) >= 11 is 0. The van der Waals surface area contributed by atoms with Crippen molar-refractivity contribution in [2.45, 2.75) is 19.5 Å². The monoisotopic (exact) mass is 263 g/mol. The quantitative estimate of drug-likeness (QED) is 0.870. The Morgan fingerprint density at radius 3 is 2.84 bits per heavy atom. The fraction of sp³-hybridized carbons (Fsp3) is 0.214. The van der Waals surface area contributed by atoms with Crippen LogP contribution in [0, 0.1) is 5.82 Å². The molecule has 5 heteroatoms. The van der Waals surface area contributed by atoms with Crippen LogP contribution in [0.2, 0.25) is 0 Å². The molecule has 0 spiro atoms. The van der Waals surface area contributed by atoms with Crippen molar-refractivity contribution >= 4 is 5.97 Å². The molecule has 0 bridgehead atoms. The Bertz CT molecular complexity index is 580. The summed E-state index contributed by atoms with van der Waals surface area (Å²) in [5.41, 5.74) is 0.652. The average Bonchev–Trinajstić information content (AvgIpc) is 2.85. The highest BCUT2D eigenvalue weighted by Gasteiger charge is 2.15. The third kappa shape index (κ3) is 3.00. The lowest BCUT2D eigenvalue weighted by atomic mass is 10.1. The molecule has 2 N–H and O–H groups in total. The second-order valence-electron chi connectivity index (χ2n) is 4.19. The van der Waals surface area contributed by atoms with E-state index < -0.39 is 5.97 Å². The van der Waals surface area contributed by atoms with Crippen molar-refractivity contribution in [3.8, 4) is 0 Å². The van der Waals surface area contributed by atoms with Gasteiger partial charge in [0.25, 0.3) is 0 Å². The first-order chi connectivity index (χ1) is 9.09. The van der Waals surface area contributed by atoms with Gasteiger partial charge >= 0.3 is 5.97 Å². The molecule has 0 aliphatic heterocycles. The van der Waals surface area contributed by atoms with E-state index in [1.807, 2.05) is 6.92 Å². The summed E-state index contributed by atoms with van der Waals surface area (Å²) < 4.78 is 18.7. The van der Waals surface area contributed by atoms with Crippen LogP contribution < -0.4 is 5.32 Å². The molecule has 0 aliphatic carbocycles. The van der Waals surface area contributed by atoms with Crippen molar-refractivity contribution in [1.82, 2.24) is 5.32 Å². The van der Waals surface area contributed by atoms with Crippen LogP contribution in [-0.2, 0) is 6.54 Å². The van der Waals surface area contributed by atoms with Crippen LogP contribution in [0.5, 0.6) is 0 Å². The van der Waals surface area contributed by atoms with Gasteiger partial charge in [0.15, 0.2) is 0 Å². The van der Waals surface area contributed by atoms with E-state index in [4.69, 9.17) is 9.52 Å². The maximum Gasteiger partial charge on any atom is 0.339 e. The van der Waals surface area contributed by atoms with Crippen LogP contribution in [0.1, 0.15) is 34.6 Å². The molecule has 2 aromatic rings. The molecule has 4 nitrogen and oxygen atoms in total. The third-order valence-corrected chi connectivity index (χ3v) is 2.92. The van der Waals surface area contributed by atoms with Crippen molar-refractivity contribution in [2.75, 3.05) is 0 Å². The molecule has 1 aromatic carbocycles. The van der Waals surface area contributed by atoms with Crippen LogP contribution in [0.15, 0.2) is 41.0 Å². The SMILES string of the molecule is C[C@@H](NCc1occc1C(=O)O)c1ccccc1F. The minimum absolute atomic E-state index is 0.119. The van der Waals surface area contributed by atoms with Gasteiger partial charge in [0, 0.05) is 11.6 Å². The Kier molecular flexibility index (Phi) is 3.97.